The SMILES string of the molecule is c1ccc(-c2cc(-c3ccccc3)cc(N(c3ccc(-c4cccc5oc6ccccc6c45)cc3)c3ccc4c5cc(c6ccccc64)Cc4ccccc4-c35)c2)cc1. The van der Waals surface area contributed by atoms with Crippen LogP contribution in [0.3, 0.4) is 0 Å². The van der Waals surface area contributed by atoms with Gasteiger partial charge in [-0.15, -0.1) is 0 Å². The maximum absolute atomic E-state index is 6.31. The van der Waals surface area contributed by atoms with Gasteiger partial charge in [-0.05, 0) is 133 Å². The molecule has 0 saturated heterocycles. The molecule has 1 aliphatic rings. The Morgan fingerprint density at radius 3 is 1.71 bits per heavy atom. The second-order valence-corrected chi connectivity index (χ2v) is 15.6. The Kier molecular flexibility index (Phi) is 7.64. The lowest BCUT2D eigenvalue weighted by atomic mass is 9.91. The molecule has 1 aliphatic carbocycles. The molecule has 1 heterocycles. The van der Waals surface area contributed by atoms with Crippen molar-refractivity contribution in [2.45, 2.75) is 6.42 Å². The summed E-state index contributed by atoms with van der Waals surface area (Å²) in [6.45, 7) is 0. The molecule has 0 atom stereocenters. The van der Waals surface area contributed by atoms with Gasteiger partial charge in [0.05, 0.1) is 5.69 Å². The summed E-state index contributed by atoms with van der Waals surface area (Å²) in [6.07, 6.45) is 0.880. The van der Waals surface area contributed by atoms with Crippen LogP contribution in [0, 0.1) is 0 Å². The van der Waals surface area contributed by atoms with Crippen molar-refractivity contribution in [2.24, 2.45) is 0 Å². The van der Waals surface area contributed by atoms with E-state index in [0.29, 0.717) is 0 Å². The third-order valence-electron chi connectivity index (χ3n) is 12.2. The first-order valence-corrected chi connectivity index (χ1v) is 20.4. The second-order valence-electron chi connectivity index (χ2n) is 15.6. The van der Waals surface area contributed by atoms with E-state index in [2.05, 4.69) is 211 Å². The average molecular weight is 752 g/mol. The zero-order valence-electron chi connectivity index (χ0n) is 32.3. The summed E-state index contributed by atoms with van der Waals surface area (Å²) in [6, 6.07) is 77.5. The van der Waals surface area contributed by atoms with Crippen LogP contribution in [0.4, 0.5) is 17.1 Å². The van der Waals surface area contributed by atoms with E-state index < -0.39 is 0 Å². The Bertz CT molecular complexity index is 3340. The van der Waals surface area contributed by atoms with Crippen LogP contribution in [0.15, 0.2) is 217 Å². The van der Waals surface area contributed by atoms with E-state index in [-0.39, 0.29) is 0 Å². The van der Waals surface area contributed by atoms with Crippen LogP contribution in [-0.2, 0) is 6.42 Å². The highest BCUT2D eigenvalue weighted by Gasteiger charge is 2.26. The van der Waals surface area contributed by atoms with E-state index >= 15 is 0 Å². The Morgan fingerprint density at radius 1 is 0.339 bits per heavy atom. The molecule has 0 N–H and O–H groups in total. The minimum Gasteiger partial charge on any atom is -0.456 e. The number of rotatable bonds is 6. The molecule has 0 saturated carbocycles. The number of fused-ring (bicyclic) bond motifs is 9. The lowest BCUT2D eigenvalue weighted by molar-refractivity contribution is 0.669. The third kappa shape index (κ3) is 5.49. The zero-order chi connectivity index (χ0) is 38.9. The second kappa shape index (κ2) is 13.5. The number of nitrogens with zero attached hydrogens (tertiary/aromatic N) is 1. The summed E-state index contributed by atoms with van der Waals surface area (Å²) in [4.78, 5) is 2.49. The van der Waals surface area contributed by atoms with Gasteiger partial charge in [-0.1, -0.05) is 158 Å². The van der Waals surface area contributed by atoms with Crippen molar-refractivity contribution >= 4 is 60.5 Å². The van der Waals surface area contributed by atoms with Crippen LogP contribution >= 0.6 is 0 Å². The Hall–Kier alpha value is -7.68. The summed E-state index contributed by atoms with van der Waals surface area (Å²) < 4.78 is 6.31. The quantitative estimate of drug-likeness (QED) is 0.157. The molecule has 12 rings (SSSR count). The van der Waals surface area contributed by atoms with Crippen LogP contribution in [-0.4, -0.2) is 0 Å². The van der Waals surface area contributed by atoms with Crippen molar-refractivity contribution in [1.82, 2.24) is 0 Å². The maximum Gasteiger partial charge on any atom is 0.136 e. The molecule has 0 fully saturated rings. The van der Waals surface area contributed by atoms with Crippen molar-refractivity contribution in [3.05, 3.63) is 223 Å². The molecule has 2 nitrogen and oxygen atoms in total. The average Bonchev–Trinajstić information content (AvgIpc) is 3.61. The highest BCUT2D eigenvalue weighted by molar-refractivity contribution is 6.18. The van der Waals surface area contributed by atoms with Crippen molar-refractivity contribution in [3.63, 3.8) is 0 Å². The van der Waals surface area contributed by atoms with Gasteiger partial charge in [0.25, 0.3) is 0 Å². The van der Waals surface area contributed by atoms with Crippen LogP contribution in [0.1, 0.15) is 11.1 Å². The molecule has 1 aromatic heterocycles. The zero-order valence-corrected chi connectivity index (χ0v) is 32.3. The number of hydrogen-bond donors (Lipinski definition) is 0. The minimum atomic E-state index is 0.880. The Morgan fingerprint density at radius 2 is 0.949 bits per heavy atom. The fourth-order valence-electron chi connectivity index (χ4n) is 9.55. The molecule has 276 valence electrons. The van der Waals surface area contributed by atoms with Gasteiger partial charge in [0.15, 0.2) is 0 Å². The Labute approximate surface area is 342 Å². The molecule has 11 aromatic rings. The molecule has 0 spiro atoms. The number of para-hydroxylation sites is 1. The lowest BCUT2D eigenvalue weighted by Gasteiger charge is -2.30. The van der Waals surface area contributed by atoms with Gasteiger partial charge in [0, 0.05) is 27.7 Å². The predicted molar refractivity (Wildman–Crippen MR) is 248 cm³/mol. The van der Waals surface area contributed by atoms with Gasteiger partial charge in [-0.2, -0.15) is 0 Å². The van der Waals surface area contributed by atoms with Gasteiger partial charge in [0.2, 0.25) is 0 Å². The summed E-state index contributed by atoms with van der Waals surface area (Å²) in [7, 11) is 0. The van der Waals surface area contributed by atoms with E-state index in [1.807, 2.05) is 6.07 Å². The van der Waals surface area contributed by atoms with E-state index in [1.54, 1.807) is 0 Å². The minimum absolute atomic E-state index is 0.880. The molecule has 59 heavy (non-hydrogen) atoms. The van der Waals surface area contributed by atoms with E-state index in [9.17, 15) is 0 Å². The van der Waals surface area contributed by atoms with Crippen molar-refractivity contribution in [3.8, 4) is 44.5 Å². The molecule has 2 bridgehead atoms. The smallest absolute Gasteiger partial charge is 0.136 e. The number of hydrogen-bond acceptors (Lipinski definition) is 2. The Balaban J connectivity index is 1.14. The van der Waals surface area contributed by atoms with Gasteiger partial charge in [0.1, 0.15) is 11.2 Å². The molecule has 0 unspecified atom stereocenters. The lowest BCUT2D eigenvalue weighted by Crippen LogP contribution is -2.12. The fourth-order valence-corrected chi connectivity index (χ4v) is 9.55. The number of anilines is 3. The molecule has 10 aromatic carbocycles. The fraction of sp³-hybridized carbons (Fsp3) is 0.0175. The van der Waals surface area contributed by atoms with E-state index in [1.165, 1.54) is 66.1 Å². The number of furan rings is 1. The topological polar surface area (TPSA) is 16.4 Å². The third-order valence-corrected chi connectivity index (χ3v) is 12.2. The highest BCUT2D eigenvalue weighted by Crippen LogP contribution is 2.50. The number of benzene rings is 10. The molecular formula is C57H37NO. The molecular weight excluding hydrogens is 715 g/mol. The van der Waals surface area contributed by atoms with Gasteiger partial charge in [-0.3, -0.25) is 0 Å². The first kappa shape index (κ1) is 33.5. The first-order chi connectivity index (χ1) is 29.2. The van der Waals surface area contributed by atoms with Crippen LogP contribution in [0.25, 0.3) is 88.0 Å². The van der Waals surface area contributed by atoms with E-state index in [4.69, 9.17) is 4.42 Å². The molecule has 0 aliphatic heterocycles. The predicted octanol–water partition coefficient (Wildman–Crippen LogP) is 15.9. The summed E-state index contributed by atoms with van der Waals surface area (Å²) >= 11 is 0. The standard InChI is InChI=1S/C57H37NO/c1-3-14-37(15-4-1)41-33-42(38-16-5-2-6-17-38)35-45(34-41)58(44-28-26-39(27-29-44)47-23-13-25-55-57(47)51-22-11-12-24-54(51)59-55)53-31-30-50-49-21-10-9-19-46(49)43-32-40-18-7-8-20-48(40)56(53)52(50)36-43/h1-31,33-36H,32H2. The summed E-state index contributed by atoms with van der Waals surface area (Å²) in [5, 5.41) is 7.46. The summed E-state index contributed by atoms with van der Waals surface area (Å²) in [5.41, 5.74) is 17.4. The van der Waals surface area contributed by atoms with Crippen molar-refractivity contribution in [1.29, 1.82) is 0 Å². The van der Waals surface area contributed by atoms with Crippen molar-refractivity contribution in [2.75, 3.05) is 4.90 Å². The monoisotopic (exact) mass is 751 g/mol. The van der Waals surface area contributed by atoms with Gasteiger partial charge >= 0.3 is 0 Å². The largest absolute Gasteiger partial charge is 0.456 e. The molecule has 0 amide bonds. The normalized spacial score (nSPS) is 12.0. The van der Waals surface area contributed by atoms with E-state index in [0.717, 1.165) is 56.5 Å². The molecule has 0 radical (unpaired) electrons. The van der Waals surface area contributed by atoms with Crippen molar-refractivity contribution < 1.29 is 4.42 Å². The van der Waals surface area contributed by atoms with Crippen LogP contribution < -0.4 is 4.90 Å². The molecule has 2 heteroatoms. The van der Waals surface area contributed by atoms with Crippen LogP contribution in [0.2, 0.25) is 0 Å². The summed E-state index contributed by atoms with van der Waals surface area (Å²) in [5.74, 6) is 0. The highest BCUT2D eigenvalue weighted by atomic mass is 16.3. The van der Waals surface area contributed by atoms with Gasteiger partial charge in [-0.25, -0.2) is 0 Å². The maximum atomic E-state index is 6.31. The van der Waals surface area contributed by atoms with Gasteiger partial charge < -0.3 is 9.32 Å². The first-order valence-electron chi connectivity index (χ1n) is 20.4. The van der Waals surface area contributed by atoms with Crippen LogP contribution in [0.5, 0.6) is 0 Å².